The summed E-state index contributed by atoms with van der Waals surface area (Å²) in [7, 11) is 1.92. The Bertz CT molecular complexity index is 971. The predicted octanol–water partition coefficient (Wildman–Crippen LogP) is 4.45. The van der Waals surface area contributed by atoms with Crippen LogP contribution in [0.15, 0.2) is 41.6 Å². The molecule has 1 heterocycles. The van der Waals surface area contributed by atoms with E-state index in [-0.39, 0.29) is 11.7 Å². The van der Waals surface area contributed by atoms with Gasteiger partial charge in [0.15, 0.2) is 11.0 Å². The number of amides is 1. The van der Waals surface area contributed by atoms with Gasteiger partial charge in [0, 0.05) is 18.3 Å². The zero-order valence-corrected chi connectivity index (χ0v) is 17.1. The molecule has 0 aliphatic heterocycles. The maximum absolute atomic E-state index is 12.4. The van der Waals surface area contributed by atoms with Crippen molar-refractivity contribution in [2.75, 3.05) is 11.1 Å². The first-order valence-corrected chi connectivity index (χ1v) is 9.80. The maximum Gasteiger partial charge on any atom is 0.234 e. The molecule has 3 rings (SSSR count). The van der Waals surface area contributed by atoms with E-state index in [9.17, 15) is 4.79 Å². The normalized spacial score (nSPS) is 10.9. The number of anilines is 1. The molecule has 2 aromatic carbocycles. The first kappa shape index (κ1) is 19.2. The van der Waals surface area contributed by atoms with Crippen LogP contribution in [-0.4, -0.2) is 26.4 Å². The minimum Gasteiger partial charge on any atom is -0.325 e. The molecular weight excluding hydrogens is 356 g/mol. The summed E-state index contributed by atoms with van der Waals surface area (Å²) in [6.07, 6.45) is 0. The zero-order chi connectivity index (χ0) is 19.6. The Hall–Kier alpha value is -2.60. The van der Waals surface area contributed by atoms with Crippen LogP contribution in [-0.2, 0) is 11.8 Å². The van der Waals surface area contributed by atoms with Crippen molar-refractivity contribution in [3.8, 4) is 11.4 Å². The van der Waals surface area contributed by atoms with Crippen LogP contribution in [0.3, 0.4) is 0 Å². The van der Waals surface area contributed by atoms with E-state index in [0.717, 1.165) is 33.4 Å². The number of benzene rings is 2. The smallest absolute Gasteiger partial charge is 0.234 e. The Morgan fingerprint density at radius 1 is 1.04 bits per heavy atom. The van der Waals surface area contributed by atoms with Gasteiger partial charge in [-0.1, -0.05) is 53.2 Å². The van der Waals surface area contributed by atoms with E-state index in [2.05, 4.69) is 53.6 Å². The van der Waals surface area contributed by atoms with Crippen LogP contribution in [0, 0.1) is 27.7 Å². The molecule has 0 unspecified atom stereocenters. The average Bonchev–Trinajstić information content (AvgIpc) is 2.97. The summed E-state index contributed by atoms with van der Waals surface area (Å²) in [4.78, 5) is 12.4. The third kappa shape index (κ3) is 4.39. The number of nitrogens with one attached hydrogen (secondary N) is 1. The Morgan fingerprint density at radius 2 is 1.74 bits per heavy atom. The SMILES string of the molecule is Cc1cccc(-c2nnc(SCC(=O)Nc3c(C)cc(C)cc3C)n2C)c1. The molecule has 6 heteroatoms. The maximum atomic E-state index is 12.4. The number of aromatic nitrogens is 3. The molecule has 3 aromatic rings. The summed E-state index contributed by atoms with van der Waals surface area (Å²) in [5.74, 6) is 1.04. The molecule has 0 saturated heterocycles. The van der Waals surface area contributed by atoms with Crippen molar-refractivity contribution in [2.24, 2.45) is 7.05 Å². The van der Waals surface area contributed by atoms with Crippen LogP contribution in [0.1, 0.15) is 22.3 Å². The second-order valence-electron chi connectivity index (χ2n) is 6.85. The van der Waals surface area contributed by atoms with Gasteiger partial charge in [-0.15, -0.1) is 10.2 Å². The summed E-state index contributed by atoms with van der Waals surface area (Å²) in [5.41, 5.74) is 6.43. The van der Waals surface area contributed by atoms with Gasteiger partial charge in [-0.2, -0.15) is 0 Å². The van der Waals surface area contributed by atoms with Crippen molar-refractivity contribution in [2.45, 2.75) is 32.9 Å². The molecule has 0 spiro atoms. The summed E-state index contributed by atoms with van der Waals surface area (Å²) in [5, 5.41) is 12.3. The van der Waals surface area contributed by atoms with Gasteiger partial charge in [-0.25, -0.2) is 0 Å². The van der Waals surface area contributed by atoms with E-state index in [1.807, 2.05) is 37.6 Å². The van der Waals surface area contributed by atoms with Crippen molar-refractivity contribution in [3.63, 3.8) is 0 Å². The number of carbonyl (C=O) groups excluding carboxylic acids is 1. The molecule has 27 heavy (non-hydrogen) atoms. The van der Waals surface area contributed by atoms with Gasteiger partial charge < -0.3 is 9.88 Å². The highest BCUT2D eigenvalue weighted by Crippen LogP contribution is 2.25. The summed E-state index contributed by atoms with van der Waals surface area (Å²) >= 11 is 1.39. The first-order valence-electron chi connectivity index (χ1n) is 8.82. The second-order valence-corrected chi connectivity index (χ2v) is 7.79. The fraction of sp³-hybridized carbons (Fsp3) is 0.286. The van der Waals surface area contributed by atoms with Gasteiger partial charge in [0.05, 0.1) is 5.75 Å². The molecule has 1 aromatic heterocycles. The monoisotopic (exact) mass is 380 g/mol. The molecule has 140 valence electrons. The van der Waals surface area contributed by atoms with Gasteiger partial charge in [-0.05, 0) is 44.9 Å². The highest BCUT2D eigenvalue weighted by atomic mass is 32.2. The molecule has 0 bridgehead atoms. The van der Waals surface area contributed by atoms with Crippen molar-refractivity contribution in [1.82, 2.24) is 14.8 Å². The van der Waals surface area contributed by atoms with Crippen molar-refractivity contribution in [1.29, 1.82) is 0 Å². The third-order valence-corrected chi connectivity index (χ3v) is 5.41. The van der Waals surface area contributed by atoms with Crippen molar-refractivity contribution in [3.05, 3.63) is 58.7 Å². The Kier molecular flexibility index (Phi) is 5.65. The van der Waals surface area contributed by atoms with E-state index in [4.69, 9.17) is 0 Å². The summed E-state index contributed by atoms with van der Waals surface area (Å²) < 4.78 is 1.93. The van der Waals surface area contributed by atoms with E-state index in [1.54, 1.807) is 0 Å². The van der Waals surface area contributed by atoms with Gasteiger partial charge in [0.2, 0.25) is 5.91 Å². The molecule has 1 N–H and O–H groups in total. The molecule has 0 saturated carbocycles. The zero-order valence-electron chi connectivity index (χ0n) is 16.3. The quantitative estimate of drug-likeness (QED) is 0.665. The van der Waals surface area contributed by atoms with E-state index >= 15 is 0 Å². The van der Waals surface area contributed by atoms with Crippen LogP contribution in [0.4, 0.5) is 5.69 Å². The fourth-order valence-electron chi connectivity index (χ4n) is 3.16. The standard InChI is InChI=1S/C21H24N4OS/c1-13-7-6-8-17(11-13)20-23-24-21(25(20)5)27-12-18(26)22-19-15(3)9-14(2)10-16(19)4/h6-11H,12H2,1-5H3,(H,22,26). The highest BCUT2D eigenvalue weighted by molar-refractivity contribution is 7.99. The fourth-order valence-corrected chi connectivity index (χ4v) is 3.87. The van der Waals surface area contributed by atoms with E-state index in [1.165, 1.54) is 22.9 Å². The molecule has 0 aliphatic carbocycles. The topological polar surface area (TPSA) is 59.8 Å². The molecular formula is C21H24N4OS. The summed E-state index contributed by atoms with van der Waals surface area (Å²) in [6, 6.07) is 12.3. The lowest BCUT2D eigenvalue weighted by Gasteiger charge is -2.12. The number of thioether (sulfide) groups is 1. The Labute approximate surface area is 164 Å². The minimum atomic E-state index is -0.0461. The average molecular weight is 381 g/mol. The van der Waals surface area contributed by atoms with Crippen LogP contribution in [0.25, 0.3) is 11.4 Å². The van der Waals surface area contributed by atoms with Crippen molar-refractivity contribution >= 4 is 23.4 Å². The number of nitrogens with zero attached hydrogens (tertiary/aromatic N) is 3. The van der Waals surface area contributed by atoms with Gasteiger partial charge in [0.1, 0.15) is 0 Å². The second kappa shape index (κ2) is 7.96. The summed E-state index contributed by atoms with van der Waals surface area (Å²) in [6.45, 7) is 8.13. The number of rotatable bonds is 5. The predicted molar refractivity (Wildman–Crippen MR) is 111 cm³/mol. The number of aryl methyl sites for hydroxylation is 4. The Balaban J connectivity index is 1.68. The lowest BCUT2D eigenvalue weighted by atomic mass is 10.1. The molecule has 0 aliphatic rings. The number of hydrogen-bond donors (Lipinski definition) is 1. The minimum absolute atomic E-state index is 0.0461. The van der Waals surface area contributed by atoms with Crippen LogP contribution in [0.5, 0.6) is 0 Å². The van der Waals surface area contributed by atoms with E-state index in [0.29, 0.717) is 0 Å². The molecule has 0 radical (unpaired) electrons. The number of hydrogen-bond acceptors (Lipinski definition) is 4. The van der Waals surface area contributed by atoms with Crippen LogP contribution >= 0.6 is 11.8 Å². The van der Waals surface area contributed by atoms with Gasteiger partial charge in [0.25, 0.3) is 0 Å². The van der Waals surface area contributed by atoms with E-state index < -0.39 is 0 Å². The molecule has 1 amide bonds. The van der Waals surface area contributed by atoms with Gasteiger partial charge in [-0.3, -0.25) is 4.79 Å². The number of carbonyl (C=O) groups is 1. The first-order chi connectivity index (χ1) is 12.8. The molecule has 5 nitrogen and oxygen atoms in total. The largest absolute Gasteiger partial charge is 0.325 e. The van der Waals surface area contributed by atoms with Crippen molar-refractivity contribution < 1.29 is 4.79 Å². The lowest BCUT2D eigenvalue weighted by molar-refractivity contribution is -0.113. The highest BCUT2D eigenvalue weighted by Gasteiger charge is 2.14. The van der Waals surface area contributed by atoms with Crippen LogP contribution < -0.4 is 5.32 Å². The third-order valence-electron chi connectivity index (χ3n) is 4.38. The van der Waals surface area contributed by atoms with Gasteiger partial charge >= 0.3 is 0 Å². The lowest BCUT2D eigenvalue weighted by Crippen LogP contribution is -2.16. The molecule has 0 fully saturated rings. The Morgan fingerprint density at radius 3 is 2.41 bits per heavy atom. The molecule has 0 atom stereocenters. The van der Waals surface area contributed by atoms with Crippen LogP contribution in [0.2, 0.25) is 0 Å².